The second kappa shape index (κ2) is 6.89. The normalized spacial score (nSPS) is 11.5. The molecule has 0 saturated heterocycles. The molecule has 0 spiro atoms. The second-order valence-corrected chi connectivity index (χ2v) is 3.81. The van der Waals surface area contributed by atoms with Crippen molar-refractivity contribution in [1.82, 2.24) is 5.32 Å². The second-order valence-electron chi connectivity index (χ2n) is 3.81. The molecule has 3 heteroatoms. The summed E-state index contributed by atoms with van der Waals surface area (Å²) >= 11 is 0. The molecule has 0 unspecified atom stereocenters. The van der Waals surface area contributed by atoms with E-state index in [1.165, 1.54) is 6.08 Å². The maximum Gasteiger partial charge on any atom is 0.121 e. The number of nitrogens with one attached hydrogen (secondary N) is 1. The third-order valence-electron chi connectivity index (χ3n) is 2.55. The Morgan fingerprint density at radius 1 is 1.29 bits per heavy atom. The molecule has 92 valence electrons. The fraction of sp³-hybridized carbons (Fsp3) is 0.286. The predicted molar refractivity (Wildman–Crippen MR) is 71.7 cm³/mol. The van der Waals surface area contributed by atoms with Crippen molar-refractivity contribution in [2.24, 2.45) is 0 Å². The van der Waals surface area contributed by atoms with Crippen LogP contribution in [0.3, 0.4) is 0 Å². The van der Waals surface area contributed by atoms with Crippen LogP contribution in [0.5, 0.6) is 0 Å². The summed E-state index contributed by atoms with van der Waals surface area (Å²) in [5.74, 6) is 0.0971. The summed E-state index contributed by atoms with van der Waals surface area (Å²) in [6.07, 6.45) is 2.26. The SMILES string of the molecule is C=C(CCNC)c1ccc(/C(O)=C/CO)cc1. The standard InChI is InChI=1S/C14H19NO2/c1-11(7-9-15-2)12-3-5-13(6-4-12)14(17)8-10-16/h3-6,8,15-17H,1,7,9-10H2,2H3/b14-8-. The Morgan fingerprint density at radius 3 is 2.41 bits per heavy atom. The highest BCUT2D eigenvalue weighted by molar-refractivity contribution is 5.66. The van der Waals surface area contributed by atoms with Gasteiger partial charge in [0.25, 0.3) is 0 Å². The van der Waals surface area contributed by atoms with Crippen LogP contribution in [0.2, 0.25) is 0 Å². The molecular formula is C14H19NO2. The van der Waals surface area contributed by atoms with Crippen molar-refractivity contribution in [3.8, 4) is 0 Å². The van der Waals surface area contributed by atoms with Crippen LogP contribution in [0.15, 0.2) is 36.9 Å². The molecule has 0 bridgehead atoms. The van der Waals surface area contributed by atoms with E-state index in [2.05, 4.69) is 11.9 Å². The van der Waals surface area contributed by atoms with Gasteiger partial charge in [0.05, 0.1) is 6.61 Å². The molecule has 0 radical (unpaired) electrons. The minimum atomic E-state index is -0.164. The van der Waals surface area contributed by atoms with Crippen molar-refractivity contribution in [3.63, 3.8) is 0 Å². The molecule has 0 atom stereocenters. The first-order valence-electron chi connectivity index (χ1n) is 5.62. The lowest BCUT2D eigenvalue weighted by atomic mass is 10.0. The van der Waals surface area contributed by atoms with Gasteiger partial charge >= 0.3 is 0 Å². The zero-order valence-corrected chi connectivity index (χ0v) is 10.1. The van der Waals surface area contributed by atoms with Gasteiger partial charge in [-0.05, 0) is 37.2 Å². The van der Waals surface area contributed by atoms with Gasteiger partial charge in [-0.3, -0.25) is 0 Å². The summed E-state index contributed by atoms with van der Waals surface area (Å²) in [6, 6.07) is 7.49. The Labute approximate surface area is 102 Å². The largest absolute Gasteiger partial charge is 0.508 e. The highest BCUT2D eigenvalue weighted by atomic mass is 16.3. The Hall–Kier alpha value is -1.58. The third kappa shape index (κ3) is 4.06. The fourth-order valence-corrected chi connectivity index (χ4v) is 1.50. The molecule has 0 aliphatic heterocycles. The molecule has 3 nitrogen and oxygen atoms in total. The van der Waals surface area contributed by atoms with Gasteiger partial charge in [0.15, 0.2) is 0 Å². The van der Waals surface area contributed by atoms with E-state index in [0.29, 0.717) is 5.56 Å². The summed E-state index contributed by atoms with van der Waals surface area (Å²) < 4.78 is 0. The molecule has 0 aromatic heterocycles. The molecule has 0 saturated carbocycles. The quantitative estimate of drug-likeness (QED) is 0.660. The number of aliphatic hydroxyl groups excluding tert-OH is 2. The molecule has 0 heterocycles. The Kier molecular flexibility index (Phi) is 5.46. The van der Waals surface area contributed by atoms with Crippen LogP contribution >= 0.6 is 0 Å². The monoisotopic (exact) mass is 233 g/mol. The molecule has 17 heavy (non-hydrogen) atoms. The van der Waals surface area contributed by atoms with Gasteiger partial charge < -0.3 is 15.5 Å². The van der Waals surface area contributed by atoms with Crippen LogP contribution in [0.4, 0.5) is 0 Å². The number of rotatable bonds is 6. The highest BCUT2D eigenvalue weighted by Crippen LogP contribution is 2.18. The van der Waals surface area contributed by atoms with Gasteiger partial charge in [-0.15, -0.1) is 0 Å². The topological polar surface area (TPSA) is 52.5 Å². The summed E-state index contributed by atoms with van der Waals surface area (Å²) in [6.45, 7) is 4.75. The minimum absolute atomic E-state index is 0.0971. The van der Waals surface area contributed by atoms with Crippen LogP contribution in [-0.4, -0.2) is 30.4 Å². The van der Waals surface area contributed by atoms with E-state index < -0.39 is 0 Å². The molecule has 3 N–H and O–H groups in total. The fourth-order valence-electron chi connectivity index (χ4n) is 1.50. The maximum atomic E-state index is 9.56. The van der Waals surface area contributed by atoms with Crippen molar-refractivity contribution in [2.45, 2.75) is 6.42 Å². The summed E-state index contributed by atoms with van der Waals surface area (Å²) in [7, 11) is 1.91. The molecule has 0 amide bonds. The van der Waals surface area contributed by atoms with E-state index in [0.717, 1.165) is 24.1 Å². The zero-order chi connectivity index (χ0) is 12.7. The van der Waals surface area contributed by atoms with Gasteiger partial charge in [0, 0.05) is 5.56 Å². The van der Waals surface area contributed by atoms with Gasteiger partial charge in [-0.25, -0.2) is 0 Å². The van der Waals surface area contributed by atoms with Crippen LogP contribution in [0.25, 0.3) is 11.3 Å². The van der Waals surface area contributed by atoms with Crippen LogP contribution < -0.4 is 5.32 Å². The van der Waals surface area contributed by atoms with E-state index >= 15 is 0 Å². The molecule has 0 aliphatic rings. The van der Waals surface area contributed by atoms with E-state index in [4.69, 9.17) is 5.11 Å². The Bertz CT molecular complexity index is 393. The number of hydrogen-bond acceptors (Lipinski definition) is 3. The van der Waals surface area contributed by atoms with Gasteiger partial charge in [-0.1, -0.05) is 30.8 Å². The van der Waals surface area contributed by atoms with Crippen molar-refractivity contribution < 1.29 is 10.2 Å². The molecule has 1 rings (SSSR count). The predicted octanol–water partition coefficient (Wildman–Crippen LogP) is 2.20. The van der Waals surface area contributed by atoms with Gasteiger partial charge in [0.2, 0.25) is 0 Å². The van der Waals surface area contributed by atoms with E-state index in [1.807, 2.05) is 31.3 Å². The lowest BCUT2D eigenvalue weighted by Gasteiger charge is -2.07. The average molecular weight is 233 g/mol. The summed E-state index contributed by atoms with van der Waals surface area (Å²) in [4.78, 5) is 0. The molecule has 0 fully saturated rings. The average Bonchev–Trinajstić information content (AvgIpc) is 2.36. The Balaban J connectivity index is 2.74. The molecule has 1 aromatic rings. The zero-order valence-electron chi connectivity index (χ0n) is 10.1. The first-order valence-corrected chi connectivity index (χ1v) is 5.62. The van der Waals surface area contributed by atoms with Crippen LogP contribution in [-0.2, 0) is 0 Å². The number of aliphatic hydroxyl groups is 2. The number of hydrogen-bond donors (Lipinski definition) is 3. The first kappa shape index (κ1) is 13.5. The lowest BCUT2D eigenvalue weighted by molar-refractivity contribution is 0.339. The highest BCUT2D eigenvalue weighted by Gasteiger charge is 2.01. The molecular weight excluding hydrogens is 214 g/mol. The van der Waals surface area contributed by atoms with Gasteiger partial charge in [-0.2, -0.15) is 0 Å². The van der Waals surface area contributed by atoms with Crippen molar-refractivity contribution in [3.05, 3.63) is 48.0 Å². The minimum Gasteiger partial charge on any atom is -0.508 e. The van der Waals surface area contributed by atoms with Crippen molar-refractivity contribution >= 4 is 11.3 Å². The van der Waals surface area contributed by atoms with Crippen LogP contribution in [0, 0.1) is 0 Å². The lowest BCUT2D eigenvalue weighted by Crippen LogP contribution is -2.07. The number of benzene rings is 1. The maximum absolute atomic E-state index is 9.56. The van der Waals surface area contributed by atoms with Crippen molar-refractivity contribution in [2.75, 3.05) is 20.2 Å². The molecule has 0 aliphatic carbocycles. The molecule has 1 aromatic carbocycles. The van der Waals surface area contributed by atoms with Crippen molar-refractivity contribution in [1.29, 1.82) is 0 Å². The smallest absolute Gasteiger partial charge is 0.121 e. The third-order valence-corrected chi connectivity index (χ3v) is 2.55. The first-order chi connectivity index (χ1) is 8.19. The van der Waals surface area contributed by atoms with Gasteiger partial charge in [0.1, 0.15) is 5.76 Å². The van der Waals surface area contributed by atoms with E-state index in [1.54, 1.807) is 0 Å². The van der Waals surface area contributed by atoms with Crippen LogP contribution in [0.1, 0.15) is 17.5 Å². The summed E-state index contributed by atoms with van der Waals surface area (Å²) in [5, 5.41) is 21.3. The van der Waals surface area contributed by atoms with E-state index in [-0.39, 0.29) is 12.4 Å². The Morgan fingerprint density at radius 2 is 1.88 bits per heavy atom. The van der Waals surface area contributed by atoms with E-state index in [9.17, 15) is 5.11 Å². The summed E-state index contributed by atoms with van der Waals surface area (Å²) in [5.41, 5.74) is 2.83.